The van der Waals surface area contributed by atoms with Crippen molar-refractivity contribution in [2.24, 2.45) is 5.41 Å². The van der Waals surface area contributed by atoms with Crippen LogP contribution in [0, 0.1) is 5.41 Å². The molecule has 0 saturated heterocycles. The fraction of sp³-hybridized carbons (Fsp3) is 0.909. The lowest BCUT2D eigenvalue weighted by molar-refractivity contribution is -0.126. The van der Waals surface area contributed by atoms with E-state index in [0.29, 0.717) is 5.41 Å². The molecule has 1 saturated carbocycles. The summed E-state index contributed by atoms with van der Waals surface area (Å²) in [7, 11) is 1.81. The van der Waals surface area contributed by atoms with Crippen LogP contribution in [0.2, 0.25) is 0 Å². The van der Waals surface area contributed by atoms with Crippen LogP contribution in [0.4, 0.5) is 0 Å². The SMILES string of the molecule is CCC1(CNC(=O)C(C)(C)NC)CC1. The van der Waals surface area contributed by atoms with Crippen LogP contribution in [0.15, 0.2) is 0 Å². The predicted molar refractivity (Wildman–Crippen MR) is 58.1 cm³/mol. The molecule has 0 atom stereocenters. The molecular weight excluding hydrogens is 176 g/mol. The van der Waals surface area contributed by atoms with Crippen LogP contribution in [0.25, 0.3) is 0 Å². The number of rotatable bonds is 5. The maximum absolute atomic E-state index is 11.7. The summed E-state index contributed by atoms with van der Waals surface area (Å²) in [5.41, 5.74) is -0.0245. The van der Waals surface area contributed by atoms with Crippen LogP contribution in [-0.4, -0.2) is 25.0 Å². The number of hydrogen-bond acceptors (Lipinski definition) is 2. The van der Waals surface area contributed by atoms with Gasteiger partial charge in [-0.05, 0) is 45.6 Å². The zero-order valence-corrected chi connectivity index (χ0v) is 9.74. The Labute approximate surface area is 86.6 Å². The van der Waals surface area contributed by atoms with Crippen molar-refractivity contribution in [1.82, 2.24) is 10.6 Å². The molecule has 0 bridgehead atoms. The largest absolute Gasteiger partial charge is 0.354 e. The molecule has 3 nitrogen and oxygen atoms in total. The van der Waals surface area contributed by atoms with E-state index >= 15 is 0 Å². The molecule has 82 valence electrons. The minimum Gasteiger partial charge on any atom is -0.354 e. The third kappa shape index (κ3) is 2.47. The number of nitrogens with one attached hydrogen (secondary N) is 2. The second-order valence-corrected chi connectivity index (χ2v) is 4.91. The average molecular weight is 198 g/mol. The maximum atomic E-state index is 11.7. The first-order valence-electron chi connectivity index (χ1n) is 5.43. The van der Waals surface area contributed by atoms with Gasteiger partial charge in [-0.25, -0.2) is 0 Å². The monoisotopic (exact) mass is 198 g/mol. The first-order chi connectivity index (χ1) is 6.46. The zero-order chi connectivity index (χ0) is 10.8. The molecule has 1 amide bonds. The highest BCUT2D eigenvalue weighted by atomic mass is 16.2. The Morgan fingerprint density at radius 3 is 2.36 bits per heavy atom. The Morgan fingerprint density at radius 2 is 2.00 bits per heavy atom. The van der Waals surface area contributed by atoms with E-state index in [1.54, 1.807) is 0 Å². The summed E-state index contributed by atoms with van der Waals surface area (Å²) in [4.78, 5) is 11.7. The number of likely N-dealkylation sites (N-methyl/N-ethyl adjacent to an activating group) is 1. The number of carbonyl (C=O) groups is 1. The molecule has 0 radical (unpaired) electrons. The Bertz CT molecular complexity index is 219. The van der Waals surface area contributed by atoms with Gasteiger partial charge in [0.25, 0.3) is 0 Å². The Balaban J connectivity index is 2.35. The van der Waals surface area contributed by atoms with Crippen LogP contribution >= 0.6 is 0 Å². The Hall–Kier alpha value is -0.570. The fourth-order valence-electron chi connectivity index (χ4n) is 1.43. The average Bonchev–Trinajstić information content (AvgIpc) is 2.95. The van der Waals surface area contributed by atoms with E-state index in [1.165, 1.54) is 19.3 Å². The molecule has 14 heavy (non-hydrogen) atoms. The van der Waals surface area contributed by atoms with Crippen molar-refractivity contribution in [2.45, 2.75) is 45.6 Å². The molecule has 1 fully saturated rings. The third-order valence-electron chi connectivity index (χ3n) is 3.52. The van der Waals surface area contributed by atoms with E-state index < -0.39 is 5.54 Å². The Morgan fingerprint density at radius 1 is 1.43 bits per heavy atom. The fourth-order valence-corrected chi connectivity index (χ4v) is 1.43. The van der Waals surface area contributed by atoms with Crippen molar-refractivity contribution in [3.05, 3.63) is 0 Å². The number of hydrogen-bond donors (Lipinski definition) is 2. The van der Waals surface area contributed by atoms with E-state index in [-0.39, 0.29) is 5.91 Å². The van der Waals surface area contributed by atoms with Gasteiger partial charge in [0, 0.05) is 6.54 Å². The van der Waals surface area contributed by atoms with Crippen LogP contribution in [0.1, 0.15) is 40.0 Å². The zero-order valence-electron chi connectivity index (χ0n) is 9.74. The molecule has 0 aromatic heterocycles. The molecule has 1 rings (SSSR count). The van der Waals surface area contributed by atoms with Crippen molar-refractivity contribution in [2.75, 3.05) is 13.6 Å². The lowest BCUT2D eigenvalue weighted by Crippen LogP contribution is -2.52. The van der Waals surface area contributed by atoms with Crippen molar-refractivity contribution in [3.8, 4) is 0 Å². The smallest absolute Gasteiger partial charge is 0.239 e. The normalized spacial score (nSPS) is 19.1. The molecule has 2 N–H and O–H groups in total. The molecule has 0 unspecified atom stereocenters. The molecule has 3 heteroatoms. The summed E-state index contributed by atoms with van der Waals surface area (Å²) in [6.45, 7) is 6.83. The van der Waals surface area contributed by atoms with Crippen LogP contribution in [-0.2, 0) is 4.79 Å². The summed E-state index contributed by atoms with van der Waals surface area (Å²) in [6, 6.07) is 0. The lowest BCUT2D eigenvalue weighted by Gasteiger charge is -2.24. The number of carbonyl (C=O) groups excluding carboxylic acids is 1. The van der Waals surface area contributed by atoms with E-state index in [1.807, 2.05) is 20.9 Å². The van der Waals surface area contributed by atoms with Crippen molar-refractivity contribution in [1.29, 1.82) is 0 Å². The minimum absolute atomic E-state index is 0.0970. The minimum atomic E-state index is -0.455. The van der Waals surface area contributed by atoms with Gasteiger partial charge in [-0.15, -0.1) is 0 Å². The maximum Gasteiger partial charge on any atom is 0.239 e. The van der Waals surface area contributed by atoms with Gasteiger partial charge in [0.05, 0.1) is 5.54 Å². The summed E-state index contributed by atoms with van der Waals surface area (Å²) in [6.07, 6.45) is 3.71. The van der Waals surface area contributed by atoms with Gasteiger partial charge >= 0.3 is 0 Å². The summed E-state index contributed by atoms with van der Waals surface area (Å²) < 4.78 is 0. The second kappa shape index (κ2) is 3.89. The summed E-state index contributed by atoms with van der Waals surface area (Å²) >= 11 is 0. The standard InChI is InChI=1S/C11H22N2O/c1-5-11(6-7-11)8-13-9(14)10(2,3)12-4/h12H,5-8H2,1-4H3,(H,13,14). The quantitative estimate of drug-likeness (QED) is 0.699. The predicted octanol–water partition coefficient (Wildman–Crippen LogP) is 1.29. The van der Waals surface area contributed by atoms with Crippen LogP contribution in [0.5, 0.6) is 0 Å². The van der Waals surface area contributed by atoms with Crippen molar-refractivity contribution >= 4 is 5.91 Å². The van der Waals surface area contributed by atoms with E-state index in [2.05, 4.69) is 17.6 Å². The van der Waals surface area contributed by atoms with E-state index in [9.17, 15) is 4.79 Å². The van der Waals surface area contributed by atoms with Crippen molar-refractivity contribution < 1.29 is 4.79 Å². The molecule has 0 aromatic rings. The second-order valence-electron chi connectivity index (χ2n) is 4.91. The Kier molecular flexibility index (Phi) is 3.20. The molecule has 0 aromatic carbocycles. The van der Waals surface area contributed by atoms with Crippen LogP contribution < -0.4 is 10.6 Å². The lowest BCUT2D eigenvalue weighted by atomic mass is 10.0. The molecule has 1 aliphatic rings. The van der Waals surface area contributed by atoms with Gasteiger partial charge in [0.2, 0.25) is 5.91 Å². The highest BCUT2D eigenvalue weighted by molar-refractivity contribution is 5.85. The summed E-state index contributed by atoms with van der Waals surface area (Å²) in [5, 5.41) is 6.03. The van der Waals surface area contributed by atoms with Gasteiger partial charge in [-0.1, -0.05) is 6.92 Å². The molecule has 1 aliphatic carbocycles. The van der Waals surface area contributed by atoms with Gasteiger partial charge in [0.1, 0.15) is 0 Å². The first-order valence-corrected chi connectivity index (χ1v) is 5.43. The van der Waals surface area contributed by atoms with Gasteiger partial charge in [-0.3, -0.25) is 4.79 Å². The third-order valence-corrected chi connectivity index (χ3v) is 3.52. The molecule has 0 heterocycles. The molecule has 0 spiro atoms. The van der Waals surface area contributed by atoms with E-state index in [0.717, 1.165) is 6.54 Å². The van der Waals surface area contributed by atoms with Gasteiger partial charge in [0.15, 0.2) is 0 Å². The van der Waals surface area contributed by atoms with Gasteiger partial charge in [-0.2, -0.15) is 0 Å². The van der Waals surface area contributed by atoms with Crippen molar-refractivity contribution in [3.63, 3.8) is 0 Å². The number of amides is 1. The molecule has 0 aliphatic heterocycles. The summed E-state index contributed by atoms with van der Waals surface area (Å²) in [5.74, 6) is 0.0970. The van der Waals surface area contributed by atoms with E-state index in [4.69, 9.17) is 0 Å². The molecular formula is C11H22N2O. The highest BCUT2D eigenvalue weighted by Crippen LogP contribution is 2.47. The highest BCUT2D eigenvalue weighted by Gasteiger charge is 2.41. The van der Waals surface area contributed by atoms with Gasteiger partial charge < -0.3 is 10.6 Å². The topological polar surface area (TPSA) is 41.1 Å². The van der Waals surface area contributed by atoms with Crippen LogP contribution in [0.3, 0.4) is 0 Å². The first kappa shape index (κ1) is 11.5.